The lowest BCUT2D eigenvalue weighted by Gasteiger charge is -2.08. The van der Waals surface area contributed by atoms with Crippen molar-refractivity contribution in [1.82, 2.24) is 4.98 Å². The third-order valence-electron chi connectivity index (χ3n) is 3.56. The first-order chi connectivity index (χ1) is 11.9. The minimum absolute atomic E-state index is 0.0296. The summed E-state index contributed by atoms with van der Waals surface area (Å²) in [6, 6.07) is 8.70. The topological polar surface area (TPSA) is 54.0 Å². The number of amides is 1. The van der Waals surface area contributed by atoms with Crippen LogP contribution in [0.25, 0.3) is 10.2 Å². The molecule has 1 heterocycles. The summed E-state index contributed by atoms with van der Waals surface area (Å²) in [6.45, 7) is 4.16. The zero-order chi connectivity index (χ0) is 18.0. The van der Waals surface area contributed by atoms with Gasteiger partial charge in [0.15, 0.2) is 0 Å². The van der Waals surface area contributed by atoms with Crippen LogP contribution in [0.4, 0.5) is 20.2 Å². The van der Waals surface area contributed by atoms with E-state index in [1.165, 1.54) is 6.07 Å². The van der Waals surface area contributed by atoms with Gasteiger partial charge in [-0.05, 0) is 30.3 Å². The Balaban J connectivity index is 1.64. The molecule has 0 atom stereocenters. The number of nitrogens with zero attached hydrogens (tertiary/aromatic N) is 1. The molecule has 0 radical (unpaired) electrons. The average molecular weight is 361 g/mol. The number of carbonyl (C=O) groups excluding carboxylic acids is 1. The third-order valence-corrected chi connectivity index (χ3v) is 4.88. The van der Waals surface area contributed by atoms with Crippen molar-refractivity contribution < 1.29 is 13.6 Å². The zero-order valence-corrected chi connectivity index (χ0v) is 14.6. The van der Waals surface area contributed by atoms with E-state index in [0.717, 1.165) is 33.0 Å². The smallest absolute Gasteiger partial charge is 0.243 e. The lowest BCUT2D eigenvalue weighted by Crippen LogP contribution is -2.22. The maximum atomic E-state index is 13.5. The van der Waals surface area contributed by atoms with Crippen LogP contribution in [0.3, 0.4) is 0 Å². The molecule has 0 bridgehead atoms. The van der Waals surface area contributed by atoms with Gasteiger partial charge in [-0.15, -0.1) is 11.3 Å². The highest BCUT2D eigenvalue weighted by Gasteiger charge is 2.10. The maximum Gasteiger partial charge on any atom is 0.243 e. The number of hydrogen-bond donors (Lipinski definition) is 2. The molecule has 1 aromatic heterocycles. The molecular weight excluding hydrogens is 344 g/mol. The van der Waals surface area contributed by atoms with E-state index >= 15 is 0 Å². The number of fused-ring (bicyclic) bond motifs is 1. The van der Waals surface area contributed by atoms with E-state index in [1.54, 1.807) is 11.3 Å². The van der Waals surface area contributed by atoms with Gasteiger partial charge in [-0.3, -0.25) is 4.79 Å². The molecule has 25 heavy (non-hydrogen) atoms. The van der Waals surface area contributed by atoms with E-state index in [4.69, 9.17) is 0 Å². The van der Waals surface area contributed by atoms with Crippen LogP contribution in [0.15, 0.2) is 36.4 Å². The number of thiazole rings is 1. The predicted octanol–water partition coefficient (Wildman–Crippen LogP) is 4.75. The fraction of sp³-hybridized carbons (Fsp3) is 0.222. The summed E-state index contributed by atoms with van der Waals surface area (Å²) in [5.41, 5.74) is 1.66. The van der Waals surface area contributed by atoms with Gasteiger partial charge < -0.3 is 10.6 Å². The highest BCUT2D eigenvalue weighted by Crippen LogP contribution is 2.29. The van der Waals surface area contributed by atoms with Gasteiger partial charge in [0.05, 0.1) is 27.5 Å². The third kappa shape index (κ3) is 4.11. The summed E-state index contributed by atoms with van der Waals surface area (Å²) in [5.74, 6) is -1.55. The van der Waals surface area contributed by atoms with E-state index in [9.17, 15) is 13.6 Å². The first-order valence-electron chi connectivity index (χ1n) is 7.81. The van der Waals surface area contributed by atoms with E-state index < -0.39 is 17.5 Å². The molecule has 0 aliphatic carbocycles. The van der Waals surface area contributed by atoms with Gasteiger partial charge in [0.2, 0.25) is 5.91 Å². The number of carbonyl (C=O) groups is 1. The zero-order valence-electron chi connectivity index (χ0n) is 13.8. The number of hydrogen-bond acceptors (Lipinski definition) is 4. The van der Waals surface area contributed by atoms with Crippen LogP contribution < -0.4 is 10.6 Å². The Kier molecular flexibility index (Phi) is 4.94. The van der Waals surface area contributed by atoms with Crippen LogP contribution in [-0.2, 0) is 4.79 Å². The van der Waals surface area contributed by atoms with Gasteiger partial charge in [-0.25, -0.2) is 13.8 Å². The van der Waals surface area contributed by atoms with Gasteiger partial charge in [0.1, 0.15) is 11.6 Å². The van der Waals surface area contributed by atoms with Crippen molar-refractivity contribution >= 4 is 38.8 Å². The highest BCUT2D eigenvalue weighted by atomic mass is 32.1. The fourth-order valence-electron chi connectivity index (χ4n) is 2.27. The molecule has 0 saturated heterocycles. The van der Waals surface area contributed by atoms with Gasteiger partial charge in [-0.1, -0.05) is 13.8 Å². The molecule has 3 rings (SSSR count). The van der Waals surface area contributed by atoms with E-state index in [0.29, 0.717) is 5.92 Å². The number of benzene rings is 2. The predicted molar refractivity (Wildman–Crippen MR) is 97.2 cm³/mol. The molecule has 4 nitrogen and oxygen atoms in total. The summed E-state index contributed by atoms with van der Waals surface area (Å²) in [7, 11) is 0. The molecule has 0 aliphatic rings. The molecule has 2 aromatic carbocycles. The van der Waals surface area contributed by atoms with E-state index in [1.807, 2.05) is 18.2 Å². The SMILES string of the molecule is CC(C)c1nc2ccc(NCC(=O)Nc3ccc(F)cc3F)cc2s1. The van der Waals surface area contributed by atoms with Crippen molar-refractivity contribution in [2.24, 2.45) is 0 Å². The highest BCUT2D eigenvalue weighted by molar-refractivity contribution is 7.18. The van der Waals surface area contributed by atoms with Crippen molar-refractivity contribution in [2.45, 2.75) is 19.8 Å². The van der Waals surface area contributed by atoms with Gasteiger partial charge in [0, 0.05) is 17.7 Å². The summed E-state index contributed by atoms with van der Waals surface area (Å²) in [5, 5.41) is 6.47. The molecule has 0 unspecified atom stereocenters. The Morgan fingerprint density at radius 2 is 2.00 bits per heavy atom. The monoisotopic (exact) mass is 361 g/mol. The van der Waals surface area contributed by atoms with Crippen LogP contribution in [-0.4, -0.2) is 17.4 Å². The lowest BCUT2D eigenvalue weighted by molar-refractivity contribution is -0.114. The number of halogens is 2. The molecule has 0 fully saturated rings. The number of nitrogens with one attached hydrogen (secondary N) is 2. The Morgan fingerprint density at radius 1 is 1.20 bits per heavy atom. The van der Waals surface area contributed by atoms with Crippen LogP contribution in [0.5, 0.6) is 0 Å². The van der Waals surface area contributed by atoms with Crippen LogP contribution in [0.2, 0.25) is 0 Å². The average Bonchev–Trinajstić information content (AvgIpc) is 2.99. The Bertz CT molecular complexity index is 924. The molecule has 2 N–H and O–H groups in total. The first-order valence-corrected chi connectivity index (χ1v) is 8.63. The lowest BCUT2D eigenvalue weighted by atomic mass is 10.2. The van der Waals surface area contributed by atoms with Gasteiger partial charge in [0.25, 0.3) is 0 Å². The molecule has 7 heteroatoms. The van der Waals surface area contributed by atoms with Crippen molar-refractivity contribution in [3.05, 3.63) is 53.0 Å². The van der Waals surface area contributed by atoms with E-state index in [-0.39, 0.29) is 12.2 Å². The van der Waals surface area contributed by atoms with Crippen molar-refractivity contribution in [3.63, 3.8) is 0 Å². The minimum Gasteiger partial charge on any atom is -0.376 e. The second-order valence-electron chi connectivity index (χ2n) is 5.92. The summed E-state index contributed by atoms with van der Waals surface area (Å²) in [6.07, 6.45) is 0. The number of rotatable bonds is 5. The van der Waals surface area contributed by atoms with Crippen LogP contribution in [0, 0.1) is 11.6 Å². The molecular formula is C18H17F2N3OS. The second-order valence-corrected chi connectivity index (χ2v) is 6.98. The molecule has 130 valence electrons. The molecule has 1 amide bonds. The largest absolute Gasteiger partial charge is 0.376 e. The first kappa shape index (κ1) is 17.3. The summed E-state index contributed by atoms with van der Waals surface area (Å²) >= 11 is 1.62. The van der Waals surface area contributed by atoms with Crippen molar-refractivity contribution in [1.29, 1.82) is 0 Å². The quantitative estimate of drug-likeness (QED) is 0.690. The molecule has 0 aliphatic heterocycles. The second kappa shape index (κ2) is 7.14. The standard InChI is InChI=1S/C18H17F2N3OS/c1-10(2)18-23-15-6-4-12(8-16(15)25-18)21-9-17(24)22-14-5-3-11(19)7-13(14)20/h3-8,10,21H,9H2,1-2H3,(H,22,24). The Hall–Kier alpha value is -2.54. The maximum absolute atomic E-state index is 13.5. The van der Waals surface area contributed by atoms with E-state index in [2.05, 4.69) is 29.5 Å². The Morgan fingerprint density at radius 3 is 2.72 bits per heavy atom. The molecule has 3 aromatic rings. The van der Waals surface area contributed by atoms with Crippen molar-refractivity contribution in [2.75, 3.05) is 17.2 Å². The Labute approximate surface area is 147 Å². The van der Waals surface area contributed by atoms with Crippen LogP contribution >= 0.6 is 11.3 Å². The van der Waals surface area contributed by atoms with Gasteiger partial charge >= 0.3 is 0 Å². The molecule has 0 saturated carbocycles. The normalized spacial score (nSPS) is 11.1. The fourth-order valence-corrected chi connectivity index (χ4v) is 3.28. The number of anilines is 2. The summed E-state index contributed by atoms with van der Waals surface area (Å²) in [4.78, 5) is 16.5. The molecule has 0 spiro atoms. The van der Waals surface area contributed by atoms with Gasteiger partial charge in [-0.2, -0.15) is 0 Å². The number of aromatic nitrogens is 1. The minimum atomic E-state index is -0.805. The summed E-state index contributed by atoms with van der Waals surface area (Å²) < 4.78 is 27.4. The van der Waals surface area contributed by atoms with Crippen LogP contribution in [0.1, 0.15) is 24.8 Å². The van der Waals surface area contributed by atoms with Crippen molar-refractivity contribution in [3.8, 4) is 0 Å².